The second-order valence-electron chi connectivity index (χ2n) is 1.94. The summed E-state index contributed by atoms with van der Waals surface area (Å²) in [5, 5.41) is 2.30. The van der Waals surface area contributed by atoms with Crippen molar-refractivity contribution in [3.05, 3.63) is 23.9 Å². The minimum atomic E-state index is -0.0718. The third kappa shape index (κ3) is 4.08. The highest BCUT2D eigenvalue weighted by Gasteiger charge is 1.96. The van der Waals surface area contributed by atoms with Crippen molar-refractivity contribution >= 4 is 12.2 Å². The van der Waals surface area contributed by atoms with Gasteiger partial charge in [0, 0.05) is 11.8 Å². The Kier molecular flexibility index (Phi) is 4.73. The quantitative estimate of drug-likeness (QED) is 0.368. The van der Waals surface area contributed by atoms with E-state index in [0.29, 0.717) is 12.0 Å². The minimum absolute atomic E-state index is 0.0718. The van der Waals surface area contributed by atoms with Crippen LogP contribution in [0.2, 0.25) is 0 Å². The van der Waals surface area contributed by atoms with E-state index in [-0.39, 0.29) is 5.78 Å². The Bertz CT molecular complexity index is 204. The molecule has 0 rings (SSSR count). The van der Waals surface area contributed by atoms with Crippen molar-refractivity contribution in [1.82, 2.24) is 5.32 Å². The number of hydrogen-bond donors (Lipinski definition) is 1. The summed E-state index contributed by atoms with van der Waals surface area (Å²) in [6.45, 7) is 3.25. The molecule has 0 saturated carbocycles. The molecule has 1 N–H and O–H groups in total. The highest BCUT2D eigenvalue weighted by atomic mass is 16.1. The van der Waals surface area contributed by atoms with E-state index in [1.807, 2.05) is 0 Å². The van der Waals surface area contributed by atoms with E-state index in [1.54, 1.807) is 19.1 Å². The van der Waals surface area contributed by atoms with Crippen LogP contribution in [0.5, 0.6) is 0 Å². The summed E-state index contributed by atoms with van der Waals surface area (Å²) in [6.07, 6.45) is 5.26. The Hall–Kier alpha value is -1.38. The fraction of sp³-hybridized carbons (Fsp3) is 0.250. The van der Waals surface area contributed by atoms with Crippen LogP contribution in [-0.4, -0.2) is 12.2 Å². The van der Waals surface area contributed by atoms with E-state index in [0.717, 1.165) is 0 Å². The first-order chi connectivity index (χ1) is 5.22. The van der Waals surface area contributed by atoms with Gasteiger partial charge in [0.1, 0.15) is 0 Å². The molecule has 0 aromatic heterocycles. The molecular weight excluding hydrogens is 142 g/mol. The van der Waals surface area contributed by atoms with Gasteiger partial charge >= 0.3 is 0 Å². The second-order valence-corrected chi connectivity index (χ2v) is 1.94. The highest BCUT2D eigenvalue weighted by molar-refractivity contribution is 5.96. The number of allylic oxidation sites excluding steroid dienone is 3. The van der Waals surface area contributed by atoms with Gasteiger partial charge in [0.2, 0.25) is 6.41 Å². The number of Topliss-reactive ketones (excluding diaryl/α,β-unsaturated/α-hetero) is 1. The minimum Gasteiger partial charge on any atom is -0.335 e. The monoisotopic (exact) mass is 153 g/mol. The smallest absolute Gasteiger partial charge is 0.211 e. The number of ketones is 1. The molecule has 0 saturated heterocycles. The standard InChI is InChI=1S/C8H11NO2/c1-3-4-8(7(2)11)5-9-6-10/h3-6H,1-2H3,(H,9,10)/b4-3-,8-5+. The molecule has 0 atom stereocenters. The number of hydrogen-bond acceptors (Lipinski definition) is 2. The first kappa shape index (κ1) is 9.62. The van der Waals surface area contributed by atoms with Crippen LogP contribution in [0.3, 0.4) is 0 Å². The van der Waals surface area contributed by atoms with E-state index in [9.17, 15) is 9.59 Å². The molecule has 0 spiro atoms. The molecule has 3 nitrogen and oxygen atoms in total. The normalized spacial score (nSPS) is 11.6. The van der Waals surface area contributed by atoms with Gasteiger partial charge in [-0.05, 0) is 13.8 Å². The van der Waals surface area contributed by atoms with E-state index in [4.69, 9.17) is 0 Å². The second kappa shape index (κ2) is 5.41. The number of nitrogens with one attached hydrogen (secondary N) is 1. The van der Waals surface area contributed by atoms with Crippen LogP contribution in [0, 0.1) is 0 Å². The summed E-state index contributed by atoms with van der Waals surface area (Å²) < 4.78 is 0. The molecule has 11 heavy (non-hydrogen) atoms. The lowest BCUT2D eigenvalue weighted by Gasteiger charge is -1.93. The molecule has 0 aromatic rings. The largest absolute Gasteiger partial charge is 0.335 e. The Balaban J connectivity index is 4.31. The van der Waals surface area contributed by atoms with Gasteiger partial charge < -0.3 is 5.32 Å². The van der Waals surface area contributed by atoms with Crippen molar-refractivity contribution in [2.45, 2.75) is 13.8 Å². The summed E-state index contributed by atoms with van der Waals surface area (Å²) in [7, 11) is 0. The van der Waals surface area contributed by atoms with Gasteiger partial charge in [-0.15, -0.1) is 0 Å². The summed E-state index contributed by atoms with van der Waals surface area (Å²) in [4.78, 5) is 20.6. The van der Waals surface area contributed by atoms with Crippen molar-refractivity contribution in [1.29, 1.82) is 0 Å². The summed E-state index contributed by atoms with van der Waals surface area (Å²) in [6, 6.07) is 0. The number of rotatable bonds is 4. The Morgan fingerprint density at radius 2 is 2.09 bits per heavy atom. The molecule has 3 heteroatoms. The predicted octanol–water partition coefficient (Wildman–Crippen LogP) is 0.781. The maximum absolute atomic E-state index is 10.8. The zero-order valence-corrected chi connectivity index (χ0v) is 6.63. The first-order valence-corrected chi connectivity index (χ1v) is 3.26. The highest BCUT2D eigenvalue weighted by Crippen LogP contribution is 1.95. The molecule has 0 heterocycles. The van der Waals surface area contributed by atoms with Gasteiger partial charge in [-0.1, -0.05) is 12.2 Å². The summed E-state index contributed by atoms with van der Waals surface area (Å²) in [5.41, 5.74) is 0.486. The molecule has 0 aliphatic rings. The summed E-state index contributed by atoms with van der Waals surface area (Å²) >= 11 is 0. The molecule has 0 unspecified atom stereocenters. The fourth-order valence-electron chi connectivity index (χ4n) is 0.570. The van der Waals surface area contributed by atoms with E-state index >= 15 is 0 Å². The average Bonchev–Trinajstić information content (AvgIpc) is 1.97. The van der Waals surface area contributed by atoms with Crippen molar-refractivity contribution in [3.8, 4) is 0 Å². The molecule has 0 aromatic carbocycles. The van der Waals surface area contributed by atoms with Crippen LogP contribution in [0.4, 0.5) is 0 Å². The third-order valence-electron chi connectivity index (χ3n) is 1.06. The van der Waals surface area contributed by atoms with Crippen LogP contribution in [0.1, 0.15) is 13.8 Å². The van der Waals surface area contributed by atoms with Crippen molar-refractivity contribution < 1.29 is 9.59 Å². The van der Waals surface area contributed by atoms with Crippen LogP contribution in [0.25, 0.3) is 0 Å². The Morgan fingerprint density at radius 3 is 2.45 bits per heavy atom. The molecular formula is C8H11NO2. The van der Waals surface area contributed by atoms with Crippen LogP contribution < -0.4 is 5.32 Å². The number of amides is 1. The van der Waals surface area contributed by atoms with Crippen LogP contribution in [0.15, 0.2) is 23.9 Å². The average molecular weight is 153 g/mol. The zero-order valence-electron chi connectivity index (χ0n) is 6.63. The van der Waals surface area contributed by atoms with Crippen LogP contribution >= 0.6 is 0 Å². The topological polar surface area (TPSA) is 46.2 Å². The lowest BCUT2D eigenvalue weighted by atomic mass is 10.2. The molecule has 0 aliphatic carbocycles. The summed E-state index contributed by atoms with van der Waals surface area (Å²) in [5.74, 6) is -0.0718. The van der Waals surface area contributed by atoms with Crippen LogP contribution in [-0.2, 0) is 9.59 Å². The maximum Gasteiger partial charge on any atom is 0.211 e. The van der Waals surface area contributed by atoms with Gasteiger partial charge in [0.25, 0.3) is 0 Å². The Labute approximate surface area is 65.8 Å². The van der Waals surface area contributed by atoms with Gasteiger partial charge in [-0.2, -0.15) is 0 Å². The SMILES string of the molecule is C/C=C\C(=C/NC=O)C(C)=O. The predicted molar refractivity (Wildman–Crippen MR) is 42.8 cm³/mol. The zero-order chi connectivity index (χ0) is 8.69. The van der Waals surface area contributed by atoms with E-state index < -0.39 is 0 Å². The molecule has 1 amide bonds. The maximum atomic E-state index is 10.8. The first-order valence-electron chi connectivity index (χ1n) is 3.26. The van der Waals surface area contributed by atoms with Gasteiger partial charge in [-0.25, -0.2) is 0 Å². The lowest BCUT2D eigenvalue weighted by molar-refractivity contribution is -0.113. The van der Waals surface area contributed by atoms with Crippen molar-refractivity contribution in [3.63, 3.8) is 0 Å². The van der Waals surface area contributed by atoms with Gasteiger partial charge in [0.15, 0.2) is 5.78 Å². The molecule has 0 radical (unpaired) electrons. The van der Waals surface area contributed by atoms with E-state index in [1.165, 1.54) is 13.1 Å². The molecule has 0 aliphatic heterocycles. The van der Waals surface area contributed by atoms with Gasteiger partial charge in [0.05, 0.1) is 0 Å². The lowest BCUT2D eigenvalue weighted by Crippen LogP contribution is -2.04. The van der Waals surface area contributed by atoms with Crippen molar-refractivity contribution in [2.75, 3.05) is 0 Å². The molecule has 0 bridgehead atoms. The number of carbonyl (C=O) groups excluding carboxylic acids is 2. The Morgan fingerprint density at radius 1 is 1.45 bits per heavy atom. The number of carbonyl (C=O) groups is 2. The fourth-order valence-corrected chi connectivity index (χ4v) is 0.570. The van der Waals surface area contributed by atoms with Crippen molar-refractivity contribution in [2.24, 2.45) is 0 Å². The van der Waals surface area contributed by atoms with E-state index in [2.05, 4.69) is 5.32 Å². The third-order valence-corrected chi connectivity index (χ3v) is 1.06. The molecule has 60 valence electrons. The molecule has 0 fully saturated rings. The van der Waals surface area contributed by atoms with Gasteiger partial charge in [-0.3, -0.25) is 9.59 Å².